The second-order valence-electron chi connectivity index (χ2n) is 2.55. The zero-order valence-corrected chi connectivity index (χ0v) is 6.29. The van der Waals surface area contributed by atoms with Crippen LogP contribution in [0.25, 0.3) is 0 Å². The second-order valence-corrected chi connectivity index (χ2v) is 2.55. The van der Waals surface area contributed by atoms with E-state index in [4.69, 9.17) is 16.6 Å². The molecule has 0 bridgehead atoms. The molecular formula is C6H14N2O2. The van der Waals surface area contributed by atoms with Gasteiger partial charge in [0.05, 0.1) is 0 Å². The maximum Gasteiger partial charge on any atom is 0.338 e. The molecule has 0 rings (SSSR count). The van der Waals surface area contributed by atoms with Gasteiger partial charge in [0.1, 0.15) is 0 Å². The zero-order valence-electron chi connectivity index (χ0n) is 6.29. The van der Waals surface area contributed by atoms with Crippen molar-refractivity contribution in [2.24, 2.45) is 17.4 Å². The first-order chi connectivity index (χ1) is 4.42. The van der Waals surface area contributed by atoms with Crippen molar-refractivity contribution < 1.29 is 9.90 Å². The van der Waals surface area contributed by atoms with E-state index in [1.165, 1.54) is 0 Å². The van der Waals surface area contributed by atoms with Gasteiger partial charge in [-0.3, -0.25) is 0 Å². The Morgan fingerprint density at radius 1 is 1.70 bits per heavy atom. The molecular weight excluding hydrogens is 132 g/mol. The molecule has 0 aliphatic rings. The standard InChI is InChI=1S/C6H14N2O2/c1-3-4(2)6(7,8)5(9)10/h4H,3,7-8H2,1-2H3,(H,9,10)/t4-/m1/s1. The second kappa shape index (κ2) is 2.98. The molecule has 0 aromatic heterocycles. The summed E-state index contributed by atoms with van der Waals surface area (Å²) in [6, 6.07) is 0. The molecule has 10 heavy (non-hydrogen) atoms. The molecule has 0 saturated heterocycles. The van der Waals surface area contributed by atoms with Gasteiger partial charge in [-0.25, -0.2) is 4.79 Å². The minimum Gasteiger partial charge on any atom is -0.479 e. The average Bonchev–Trinajstić information content (AvgIpc) is 1.86. The first kappa shape index (κ1) is 9.39. The molecule has 0 aliphatic heterocycles. The molecule has 60 valence electrons. The first-order valence-corrected chi connectivity index (χ1v) is 3.24. The van der Waals surface area contributed by atoms with Gasteiger partial charge in [0.15, 0.2) is 5.66 Å². The fourth-order valence-corrected chi connectivity index (χ4v) is 0.549. The number of carboxylic acids is 1. The lowest BCUT2D eigenvalue weighted by Gasteiger charge is -2.25. The quantitative estimate of drug-likeness (QED) is 0.478. The average molecular weight is 146 g/mol. The Kier molecular flexibility index (Phi) is 2.80. The minimum atomic E-state index is -1.57. The van der Waals surface area contributed by atoms with Gasteiger partial charge in [-0.15, -0.1) is 0 Å². The van der Waals surface area contributed by atoms with Gasteiger partial charge in [-0.1, -0.05) is 13.8 Å². The Labute approximate surface area is 60.2 Å². The third-order valence-corrected chi connectivity index (χ3v) is 1.80. The third-order valence-electron chi connectivity index (χ3n) is 1.80. The van der Waals surface area contributed by atoms with Gasteiger partial charge >= 0.3 is 5.97 Å². The van der Waals surface area contributed by atoms with E-state index in [1.54, 1.807) is 6.92 Å². The van der Waals surface area contributed by atoms with Gasteiger partial charge in [0.25, 0.3) is 0 Å². The Balaban J connectivity index is 4.23. The van der Waals surface area contributed by atoms with Gasteiger partial charge in [-0.05, 0) is 12.3 Å². The van der Waals surface area contributed by atoms with Crippen LogP contribution in [0.1, 0.15) is 20.3 Å². The molecule has 0 unspecified atom stereocenters. The van der Waals surface area contributed by atoms with Crippen LogP contribution in [0.5, 0.6) is 0 Å². The molecule has 4 nitrogen and oxygen atoms in total. The predicted octanol–water partition coefficient (Wildman–Crippen LogP) is -0.269. The number of hydrogen-bond acceptors (Lipinski definition) is 3. The summed E-state index contributed by atoms with van der Waals surface area (Å²) in [5, 5.41) is 8.49. The summed E-state index contributed by atoms with van der Waals surface area (Å²) in [6.07, 6.45) is 0.666. The van der Waals surface area contributed by atoms with Crippen molar-refractivity contribution in [2.75, 3.05) is 0 Å². The molecule has 0 aromatic carbocycles. The highest BCUT2D eigenvalue weighted by Crippen LogP contribution is 2.11. The highest BCUT2D eigenvalue weighted by molar-refractivity contribution is 5.77. The summed E-state index contributed by atoms with van der Waals surface area (Å²) in [5.74, 6) is -1.35. The normalized spacial score (nSPS) is 14.8. The Morgan fingerprint density at radius 3 is 2.20 bits per heavy atom. The SMILES string of the molecule is CC[C@@H](C)C(N)(N)C(=O)O. The minimum absolute atomic E-state index is 0.204. The summed E-state index contributed by atoms with van der Waals surface area (Å²) >= 11 is 0. The van der Waals surface area contributed by atoms with Crippen LogP contribution in [-0.2, 0) is 4.79 Å². The Morgan fingerprint density at radius 2 is 2.10 bits per heavy atom. The monoisotopic (exact) mass is 146 g/mol. The van der Waals surface area contributed by atoms with Crippen LogP contribution < -0.4 is 11.5 Å². The highest BCUT2D eigenvalue weighted by atomic mass is 16.4. The lowest BCUT2D eigenvalue weighted by atomic mass is 9.94. The van der Waals surface area contributed by atoms with Crippen LogP contribution >= 0.6 is 0 Å². The molecule has 0 fully saturated rings. The maximum absolute atomic E-state index is 10.4. The van der Waals surface area contributed by atoms with E-state index >= 15 is 0 Å². The molecule has 1 atom stereocenters. The lowest BCUT2D eigenvalue weighted by molar-refractivity contribution is -0.145. The summed E-state index contributed by atoms with van der Waals surface area (Å²) < 4.78 is 0. The molecule has 0 radical (unpaired) electrons. The van der Waals surface area contributed by atoms with Gasteiger partial charge < -0.3 is 16.6 Å². The zero-order chi connectivity index (χ0) is 8.36. The predicted molar refractivity (Wildman–Crippen MR) is 38.2 cm³/mol. The van der Waals surface area contributed by atoms with Gasteiger partial charge in [0.2, 0.25) is 0 Å². The van der Waals surface area contributed by atoms with Crippen molar-refractivity contribution in [3.05, 3.63) is 0 Å². The smallest absolute Gasteiger partial charge is 0.338 e. The largest absolute Gasteiger partial charge is 0.479 e. The van der Waals surface area contributed by atoms with E-state index in [9.17, 15) is 4.79 Å². The number of carboxylic acid groups (broad SMARTS) is 1. The van der Waals surface area contributed by atoms with Crippen molar-refractivity contribution in [2.45, 2.75) is 25.9 Å². The lowest BCUT2D eigenvalue weighted by Crippen LogP contribution is -2.60. The van der Waals surface area contributed by atoms with E-state index in [-0.39, 0.29) is 5.92 Å². The number of carbonyl (C=O) groups is 1. The van der Waals surface area contributed by atoms with Gasteiger partial charge in [-0.2, -0.15) is 0 Å². The van der Waals surface area contributed by atoms with Crippen molar-refractivity contribution >= 4 is 5.97 Å². The van der Waals surface area contributed by atoms with Crippen LogP contribution in [0.2, 0.25) is 0 Å². The van der Waals surface area contributed by atoms with Crippen molar-refractivity contribution in [3.63, 3.8) is 0 Å². The van der Waals surface area contributed by atoms with E-state index in [0.29, 0.717) is 6.42 Å². The maximum atomic E-state index is 10.4. The molecule has 0 aliphatic carbocycles. The fourth-order valence-electron chi connectivity index (χ4n) is 0.549. The Bertz CT molecular complexity index is 134. The summed E-state index contributed by atoms with van der Waals surface area (Å²) in [5.41, 5.74) is 9.01. The van der Waals surface area contributed by atoms with Crippen LogP contribution in [0.3, 0.4) is 0 Å². The first-order valence-electron chi connectivity index (χ1n) is 3.24. The van der Waals surface area contributed by atoms with E-state index < -0.39 is 11.6 Å². The van der Waals surface area contributed by atoms with E-state index in [2.05, 4.69) is 0 Å². The van der Waals surface area contributed by atoms with Gasteiger partial charge in [0, 0.05) is 0 Å². The molecule has 0 amide bonds. The van der Waals surface area contributed by atoms with Crippen LogP contribution in [0, 0.1) is 5.92 Å². The van der Waals surface area contributed by atoms with E-state index in [1.807, 2.05) is 6.92 Å². The van der Waals surface area contributed by atoms with Crippen molar-refractivity contribution in [1.29, 1.82) is 0 Å². The molecule has 5 N–H and O–H groups in total. The fraction of sp³-hybridized carbons (Fsp3) is 0.833. The molecule has 0 spiro atoms. The molecule has 0 aromatic rings. The number of aliphatic carboxylic acids is 1. The molecule has 4 heteroatoms. The van der Waals surface area contributed by atoms with Crippen LogP contribution in [0.4, 0.5) is 0 Å². The van der Waals surface area contributed by atoms with Crippen LogP contribution in [0.15, 0.2) is 0 Å². The summed E-state index contributed by atoms with van der Waals surface area (Å²) in [7, 11) is 0. The third kappa shape index (κ3) is 1.68. The molecule has 0 saturated carbocycles. The van der Waals surface area contributed by atoms with E-state index in [0.717, 1.165) is 0 Å². The molecule has 0 heterocycles. The number of hydrogen-bond donors (Lipinski definition) is 3. The summed E-state index contributed by atoms with van der Waals surface area (Å²) in [6.45, 7) is 3.57. The topological polar surface area (TPSA) is 89.3 Å². The van der Waals surface area contributed by atoms with Crippen molar-refractivity contribution in [1.82, 2.24) is 0 Å². The number of rotatable bonds is 3. The highest BCUT2D eigenvalue weighted by Gasteiger charge is 2.33. The summed E-state index contributed by atoms with van der Waals surface area (Å²) in [4.78, 5) is 10.4. The van der Waals surface area contributed by atoms with Crippen LogP contribution in [-0.4, -0.2) is 16.7 Å². The van der Waals surface area contributed by atoms with Crippen molar-refractivity contribution in [3.8, 4) is 0 Å². The number of nitrogens with two attached hydrogens (primary N) is 2. The Hall–Kier alpha value is -0.610.